The van der Waals surface area contributed by atoms with Crippen molar-refractivity contribution in [3.63, 3.8) is 0 Å². The standard InChI is InChI=1S/C16H23N3O2/c1-21-12-11-19-15(20)4-5-16(19)6-9-18(10-7-16)14-3-2-8-17-13-14/h2-3,8,13H,4-7,9-12H2,1H3. The predicted molar refractivity (Wildman–Crippen MR) is 81.2 cm³/mol. The lowest BCUT2D eigenvalue weighted by molar-refractivity contribution is -0.132. The van der Waals surface area contributed by atoms with E-state index in [1.165, 1.54) is 5.69 Å². The van der Waals surface area contributed by atoms with Gasteiger partial charge >= 0.3 is 0 Å². The third-order valence-electron chi connectivity index (χ3n) is 4.90. The third-order valence-corrected chi connectivity index (χ3v) is 4.90. The van der Waals surface area contributed by atoms with E-state index in [0.717, 1.165) is 38.9 Å². The number of anilines is 1. The zero-order valence-corrected chi connectivity index (χ0v) is 12.6. The maximum atomic E-state index is 12.2. The number of amides is 1. The van der Waals surface area contributed by atoms with Gasteiger partial charge in [0, 0.05) is 44.9 Å². The van der Waals surface area contributed by atoms with E-state index < -0.39 is 0 Å². The molecular weight excluding hydrogens is 266 g/mol. The fraction of sp³-hybridized carbons (Fsp3) is 0.625. The Morgan fingerprint density at radius 3 is 2.81 bits per heavy atom. The van der Waals surface area contributed by atoms with Gasteiger partial charge in [0.05, 0.1) is 18.5 Å². The Kier molecular flexibility index (Phi) is 4.10. The van der Waals surface area contributed by atoms with Crippen molar-refractivity contribution in [1.29, 1.82) is 0 Å². The Labute approximate surface area is 125 Å². The van der Waals surface area contributed by atoms with Gasteiger partial charge in [-0.3, -0.25) is 9.78 Å². The second kappa shape index (κ2) is 6.02. The lowest BCUT2D eigenvalue weighted by Gasteiger charge is -2.45. The molecule has 5 heteroatoms. The van der Waals surface area contributed by atoms with E-state index in [9.17, 15) is 4.79 Å². The normalized spacial score (nSPS) is 21.3. The predicted octanol–water partition coefficient (Wildman–Crippen LogP) is 1.69. The zero-order chi connectivity index (χ0) is 14.7. The van der Waals surface area contributed by atoms with Crippen molar-refractivity contribution in [2.45, 2.75) is 31.2 Å². The highest BCUT2D eigenvalue weighted by Crippen LogP contribution is 2.39. The molecule has 1 amide bonds. The molecule has 0 atom stereocenters. The number of methoxy groups -OCH3 is 1. The number of carbonyl (C=O) groups excluding carboxylic acids is 1. The first kappa shape index (κ1) is 14.3. The van der Waals surface area contributed by atoms with Crippen LogP contribution in [0.2, 0.25) is 0 Å². The summed E-state index contributed by atoms with van der Waals surface area (Å²) in [5.41, 5.74) is 1.24. The number of carbonyl (C=O) groups is 1. The van der Waals surface area contributed by atoms with Crippen LogP contribution in [0, 0.1) is 0 Å². The summed E-state index contributed by atoms with van der Waals surface area (Å²) in [5.74, 6) is 0.293. The summed E-state index contributed by atoms with van der Waals surface area (Å²) in [4.78, 5) is 20.8. The molecule has 2 aliphatic rings. The molecule has 0 aliphatic carbocycles. The number of piperidine rings is 1. The van der Waals surface area contributed by atoms with Gasteiger partial charge in [-0.1, -0.05) is 0 Å². The highest BCUT2D eigenvalue weighted by molar-refractivity contribution is 5.79. The largest absolute Gasteiger partial charge is 0.383 e. The highest BCUT2D eigenvalue weighted by atomic mass is 16.5. The van der Waals surface area contributed by atoms with E-state index in [4.69, 9.17) is 4.74 Å². The maximum absolute atomic E-state index is 12.2. The maximum Gasteiger partial charge on any atom is 0.223 e. The van der Waals surface area contributed by atoms with Crippen LogP contribution in [0.15, 0.2) is 24.5 Å². The van der Waals surface area contributed by atoms with Gasteiger partial charge in [-0.2, -0.15) is 0 Å². The molecule has 2 saturated heterocycles. The van der Waals surface area contributed by atoms with Gasteiger partial charge in [-0.05, 0) is 31.4 Å². The lowest BCUT2D eigenvalue weighted by Crippen LogP contribution is -2.54. The Morgan fingerprint density at radius 2 is 2.14 bits per heavy atom. The minimum absolute atomic E-state index is 0.0638. The Morgan fingerprint density at radius 1 is 1.33 bits per heavy atom. The van der Waals surface area contributed by atoms with Crippen LogP contribution in [0.5, 0.6) is 0 Å². The van der Waals surface area contributed by atoms with Gasteiger partial charge in [-0.15, -0.1) is 0 Å². The fourth-order valence-corrected chi connectivity index (χ4v) is 3.66. The summed E-state index contributed by atoms with van der Waals surface area (Å²) in [7, 11) is 1.69. The quantitative estimate of drug-likeness (QED) is 0.846. The van der Waals surface area contributed by atoms with Gasteiger partial charge in [0.2, 0.25) is 5.91 Å². The molecule has 2 aliphatic heterocycles. The molecule has 3 rings (SSSR count). The monoisotopic (exact) mass is 289 g/mol. The Bertz CT molecular complexity index is 484. The van der Waals surface area contributed by atoms with Crippen molar-refractivity contribution in [3.05, 3.63) is 24.5 Å². The van der Waals surface area contributed by atoms with Crippen LogP contribution in [0.25, 0.3) is 0 Å². The molecule has 1 aromatic rings. The summed E-state index contributed by atoms with van der Waals surface area (Å²) in [5, 5.41) is 0. The molecule has 1 spiro atoms. The number of rotatable bonds is 4. The SMILES string of the molecule is COCCN1C(=O)CCC12CCN(c1cccnc1)CC2. The lowest BCUT2D eigenvalue weighted by atomic mass is 9.85. The molecule has 3 heterocycles. The van der Waals surface area contributed by atoms with Crippen molar-refractivity contribution in [2.24, 2.45) is 0 Å². The highest BCUT2D eigenvalue weighted by Gasteiger charge is 2.46. The third kappa shape index (κ3) is 2.75. The van der Waals surface area contributed by atoms with Gasteiger partial charge in [0.1, 0.15) is 0 Å². The van der Waals surface area contributed by atoms with Crippen LogP contribution < -0.4 is 4.90 Å². The van der Waals surface area contributed by atoms with Crippen LogP contribution in [0.4, 0.5) is 5.69 Å². The van der Waals surface area contributed by atoms with Crippen LogP contribution in [0.1, 0.15) is 25.7 Å². The number of nitrogens with zero attached hydrogens (tertiary/aromatic N) is 3. The van der Waals surface area contributed by atoms with E-state index in [2.05, 4.69) is 20.9 Å². The van der Waals surface area contributed by atoms with Crippen LogP contribution in [-0.4, -0.2) is 54.7 Å². The minimum Gasteiger partial charge on any atom is -0.383 e. The number of aromatic nitrogens is 1. The molecule has 0 N–H and O–H groups in total. The second-order valence-corrected chi connectivity index (χ2v) is 5.96. The van der Waals surface area contributed by atoms with Crippen molar-refractivity contribution in [3.8, 4) is 0 Å². The number of likely N-dealkylation sites (tertiary alicyclic amines) is 1. The first-order chi connectivity index (χ1) is 10.2. The first-order valence-corrected chi connectivity index (χ1v) is 7.70. The van der Waals surface area contributed by atoms with Crippen molar-refractivity contribution in [2.75, 3.05) is 38.3 Å². The molecule has 1 aromatic heterocycles. The number of pyridine rings is 1. The number of hydrogen-bond acceptors (Lipinski definition) is 4. The molecule has 0 bridgehead atoms. The first-order valence-electron chi connectivity index (χ1n) is 7.70. The summed E-state index contributed by atoms with van der Waals surface area (Å²) in [6.07, 6.45) is 7.49. The van der Waals surface area contributed by atoms with E-state index in [1.807, 2.05) is 12.3 Å². The summed E-state index contributed by atoms with van der Waals surface area (Å²) in [6, 6.07) is 4.08. The molecule has 0 radical (unpaired) electrons. The zero-order valence-electron chi connectivity index (χ0n) is 12.6. The summed E-state index contributed by atoms with van der Waals surface area (Å²) in [6.45, 7) is 3.33. The van der Waals surface area contributed by atoms with Gasteiger partial charge < -0.3 is 14.5 Å². The Balaban J connectivity index is 1.67. The van der Waals surface area contributed by atoms with Crippen molar-refractivity contribution < 1.29 is 9.53 Å². The summed E-state index contributed by atoms with van der Waals surface area (Å²) >= 11 is 0. The fourth-order valence-electron chi connectivity index (χ4n) is 3.66. The van der Waals surface area contributed by atoms with E-state index in [-0.39, 0.29) is 5.54 Å². The summed E-state index contributed by atoms with van der Waals surface area (Å²) < 4.78 is 5.16. The molecule has 114 valence electrons. The number of ether oxygens (including phenoxy) is 1. The smallest absolute Gasteiger partial charge is 0.223 e. The van der Waals surface area contributed by atoms with Gasteiger partial charge in [0.25, 0.3) is 0 Å². The van der Waals surface area contributed by atoms with E-state index >= 15 is 0 Å². The van der Waals surface area contributed by atoms with Crippen LogP contribution in [0.3, 0.4) is 0 Å². The number of hydrogen-bond donors (Lipinski definition) is 0. The Hall–Kier alpha value is -1.62. The molecule has 0 unspecified atom stereocenters. The molecule has 0 aromatic carbocycles. The minimum atomic E-state index is 0.0638. The average Bonchev–Trinajstić information content (AvgIpc) is 2.83. The topological polar surface area (TPSA) is 45.7 Å². The van der Waals surface area contributed by atoms with E-state index in [1.54, 1.807) is 13.3 Å². The molecular formula is C16H23N3O2. The molecule has 0 saturated carbocycles. The van der Waals surface area contributed by atoms with E-state index in [0.29, 0.717) is 18.9 Å². The average molecular weight is 289 g/mol. The van der Waals surface area contributed by atoms with Crippen molar-refractivity contribution >= 4 is 11.6 Å². The second-order valence-electron chi connectivity index (χ2n) is 5.96. The molecule has 5 nitrogen and oxygen atoms in total. The van der Waals surface area contributed by atoms with Crippen molar-refractivity contribution in [1.82, 2.24) is 9.88 Å². The van der Waals surface area contributed by atoms with Gasteiger partial charge in [0.15, 0.2) is 0 Å². The van der Waals surface area contributed by atoms with Gasteiger partial charge in [-0.25, -0.2) is 0 Å². The van der Waals surface area contributed by atoms with Crippen LogP contribution >= 0.6 is 0 Å². The van der Waals surface area contributed by atoms with Crippen LogP contribution in [-0.2, 0) is 9.53 Å². The molecule has 2 fully saturated rings. The molecule has 21 heavy (non-hydrogen) atoms.